The van der Waals surface area contributed by atoms with Gasteiger partial charge in [0.2, 0.25) is 11.6 Å². The Kier molecular flexibility index (Phi) is 4.82. The molecule has 5 heteroatoms. The van der Waals surface area contributed by atoms with Gasteiger partial charge in [0.15, 0.2) is 0 Å². The molecule has 1 N–H and O–H groups in total. The standard InChI is InChI=1S/C23H22N2O3/c1-15-9-11-16(12-10-15)23(28)24-19-20(25-13-5-2-6-14-25)22(27)18-8-4-3-7-17(18)21(19)26/h3-4,7-12H,2,5-6,13-14H2,1H3,(H,24,28). The molecule has 0 unspecified atom stereocenters. The van der Waals surface area contributed by atoms with E-state index in [2.05, 4.69) is 5.32 Å². The Morgan fingerprint density at radius 2 is 1.46 bits per heavy atom. The number of carbonyl (C=O) groups is 3. The molecule has 1 heterocycles. The van der Waals surface area contributed by atoms with E-state index in [1.165, 1.54) is 0 Å². The Hall–Kier alpha value is -3.21. The molecule has 1 aliphatic carbocycles. The number of hydrogen-bond donors (Lipinski definition) is 1. The molecule has 0 bridgehead atoms. The number of likely N-dealkylation sites (tertiary alicyclic amines) is 1. The molecule has 0 spiro atoms. The van der Waals surface area contributed by atoms with Crippen LogP contribution in [0.3, 0.4) is 0 Å². The van der Waals surface area contributed by atoms with E-state index in [0.29, 0.717) is 35.5 Å². The van der Waals surface area contributed by atoms with E-state index in [1.54, 1.807) is 36.4 Å². The molecule has 1 amide bonds. The molecule has 0 radical (unpaired) electrons. The maximum Gasteiger partial charge on any atom is 0.255 e. The average Bonchev–Trinajstić information content (AvgIpc) is 2.73. The molecule has 0 atom stereocenters. The predicted octanol–water partition coefficient (Wildman–Crippen LogP) is 3.50. The van der Waals surface area contributed by atoms with Gasteiger partial charge in [-0.05, 0) is 38.3 Å². The number of allylic oxidation sites excluding steroid dienone is 2. The first-order valence-electron chi connectivity index (χ1n) is 9.62. The van der Waals surface area contributed by atoms with Crippen LogP contribution in [0.4, 0.5) is 0 Å². The highest BCUT2D eigenvalue weighted by molar-refractivity contribution is 6.27. The predicted molar refractivity (Wildman–Crippen MR) is 106 cm³/mol. The van der Waals surface area contributed by atoms with E-state index in [9.17, 15) is 14.4 Å². The van der Waals surface area contributed by atoms with Gasteiger partial charge in [0.25, 0.3) is 5.91 Å². The lowest BCUT2D eigenvalue weighted by Crippen LogP contribution is -2.42. The largest absolute Gasteiger partial charge is 0.367 e. The number of fused-ring (bicyclic) bond motifs is 1. The van der Waals surface area contributed by atoms with E-state index in [1.807, 2.05) is 24.0 Å². The molecular weight excluding hydrogens is 352 g/mol. The van der Waals surface area contributed by atoms with Gasteiger partial charge in [-0.25, -0.2) is 0 Å². The number of rotatable bonds is 3. The van der Waals surface area contributed by atoms with Crippen LogP contribution >= 0.6 is 0 Å². The second-order valence-corrected chi connectivity index (χ2v) is 7.30. The summed E-state index contributed by atoms with van der Waals surface area (Å²) in [5.41, 5.74) is 2.66. The third-order valence-electron chi connectivity index (χ3n) is 5.32. The fourth-order valence-electron chi connectivity index (χ4n) is 3.79. The zero-order valence-corrected chi connectivity index (χ0v) is 15.8. The van der Waals surface area contributed by atoms with Crippen molar-refractivity contribution >= 4 is 17.5 Å². The second-order valence-electron chi connectivity index (χ2n) is 7.30. The smallest absolute Gasteiger partial charge is 0.255 e. The van der Waals surface area contributed by atoms with E-state index >= 15 is 0 Å². The highest BCUT2D eigenvalue weighted by Gasteiger charge is 2.36. The van der Waals surface area contributed by atoms with Crippen molar-refractivity contribution in [3.63, 3.8) is 0 Å². The van der Waals surface area contributed by atoms with Crippen molar-refractivity contribution in [2.75, 3.05) is 13.1 Å². The summed E-state index contributed by atoms with van der Waals surface area (Å²) in [5.74, 6) is -0.891. The maximum atomic E-state index is 13.2. The zero-order chi connectivity index (χ0) is 19.7. The topological polar surface area (TPSA) is 66.5 Å². The van der Waals surface area contributed by atoms with Crippen LogP contribution in [0.15, 0.2) is 59.9 Å². The summed E-state index contributed by atoms with van der Waals surface area (Å²) >= 11 is 0. The van der Waals surface area contributed by atoms with Gasteiger partial charge in [-0.2, -0.15) is 0 Å². The van der Waals surface area contributed by atoms with E-state index < -0.39 is 0 Å². The molecule has 2 aromatic rings. The van der Waals surface area contributed by atoms with Crippen LogP contribution in [0.1, 0.15) is 55.9 Å². The number of piperidine rings is 1. The van der Waals surface area contributed by atoms with E-state index in [-0.39, 0.29) is 23.2 Å². The second kappa shape index (κ2) is 7.43. The number of nitrogens with zero attached hydrogens (tertiary/aromatic N) is 1. The van der Waals surface area contributed by atoms with Crippen molar-refractivity contribution < 1.29 is 14.4 Å². The van der Waals surface area contributed by atoms with Gasteiger partial charge in [-0.15, -0.1) is 0 Å². The number of carbonyl (C=O) groups excluding carboxylic acids is 3. The Balaban J connectivity index is 1.76. The minimum atomic E-state index is -0.384. The summed E-state index contributed by atoms with van der Waals surface area (Å²) in [6.45, 7) is 3.36. The van der Waals surface area contributed by atoms with Crippen LogP contribution in [0.2, 0.25) is 0 Å². The molecule has 1 aliphatic heterocycles. The third-order valence-corrected chi connectivity index (χ3v) is 5.32. The first kappa shape index (κ1) is 18.2. The molecule has 2 aliphatic rings. The molecule has 0 aromatic heterocycles. The lowest BCUT2D eigenvalue weighted by Gasteiger charge is -2.34. The van der Waals surface area contributed by atoms with E-state index in [4.69, 9.17) is 0 Å². The quantitative estimate of drug-likeness (QED) is 0.893. The summed E-state index contributed by atoms with van der Waals surface area (Å²) in [6, 6.07) is 13.9. The van der Waals surface area contributed by atoms with Gasteiger partial charge >= 0.3 is 0 Å². The first-order chi connectivity index (χ1) is 13.6. The average molecular weight is 374 g/mol. The van der Waals surface area contributed by atoms with Crippen molar-refractivity contribution in [1.82, 2.24) is 10.2 Å². The van der Waals surface area contributed by atoms with Crippen molar-refractivity contribution in [1.29, 1.82) is 0 Å². The lowest BCUT2D eigenvalue weighted by molar-refractivity contribution is 0.0897. The number of ketones is 2. The van der Waals surface area contributed by atoms with Crippen molar-refractivity contribution in [3.05, 3.63) is 82.2 Å². The Morgan fingerprint density at radius 1 is 0.857 bits per heavy atom. The minimum Gasteiger partial charge on any atom is -0.367 e. The van der Waals surface area contributed by atoms with Crippen LogP contribution in [0.25, 0.3) is 0 Å². The Labute approximate surface area is 164 Å². The van der Waals surface area contributed by atoms with Crippen LogP contribution in [-0.2, 0) is 0 Å². The van der Waals surface area contributed by atoms with Gasteiger partial charge in [-0.1, -0.05) is 42.0 Å². The number of Topliss-reactive ketones (excluding diaryl/α,β-unsaturated/α-hetero) is 2. The Bertz CT molecular complexity index is 983. The third kappa shape index (κ3) is 3.24. The summed E-state index contributed by atoms with van der Waals surface area (Å²) in [7, 11) is 0. The highest BCUT2D eigenvalue weighted by atomic mass is 16.2. The first-order valence-corrected chi connectivity index (χ1v) is 9.62. The molecule has 4 rings (SSSR count). The summed E-state index contributed by atoms with van der Waals surface area (Å²) in [4.78, 5) is 41.2. The molecule has 5 nitrogen and oxygen atoms in total. The van der Waals surface area contributed by atoms with Crippen LogP contribution in [-0.4, -0.2) is 35.5 Å². The number of aryl methyl sites for hydroxylation is 1. The van der Waals surface area contributed by atoms with Gasteiger partial charge in [-0.3, -0.25) is 14.4 Å². The van der Waals surface area contributed by atoms with Crippen LogP contribution < -0.4 is 5.32 Å². The fourth-order valence-corrected chi connectivity index (χ4v) is 3.79. The normalized spacial score (nSPS) is 16.8. The molecule has 2 aromatic carbocycles. The van der Waals surface area contributed by atoms with Gasteiger partial charge < -0.3 is 10.2 Å². The summed E-state index contributed by atoms with van der Waals surface area (Å²) in [6.07, 6.45) is 3.03. The number of benzene rings is 2. The lowest BCUT2D eigenvalue weighted by atomic mass is 9.89. The van der Waals surface area contributed by atoms with Gasteiger partial charge in [0, 0.05) is 29.8 Å². The number of amides is 1. The molecular formula is C23H22N2O3. The highest BCUT2D eigenvalue weighted by Crippen LogP contribution is 2.29. The van der Waals surface area contributed by atoms with Crippen molar-refractivity contribution in [3.8, 4) is 0 Å². The minimum absolute atomic E-state index is 0.0937. The molecule has 0 saturated carbocycles. The van der Waals surface area contributed by atoms with Gasteiger partial charge in [0.05, 0.1) is 0 Å². The number of nitrogens with one attached hydrogen (secondary N) is 1. The summed E-state index contributed by atoms with van der Waals surface area (Å²) < 4.78 is 0. The molecule has 28 heavy (non-hydrogen) atoms. The van der Waals surface area contributed by atoms with Crippen molar-refractivity contribution in [2.24, 2.45) is 0 Å². The molecule has 1 saturated heterocycles. The zero-order valence-electron chi connectivity index (χ0n) is 15.8. The fraction of sp³-hybridized carbons (Fsp3) is 0.261. The Morgan fingerprint density at radius 3 is 2.11 bits per heavy atom. The van der Waals surface area contributed by atoms with Crippen molar-refractivity contribution in [2.45, 2.75) is 26.2 Å². The molecule has 1 fully saturated rings. The van der Waals surface area contributed by atoms with Gasteiger partial charge in [0.1, 0.15) is 11.4 Å². The van der Waals surface area contributed by atoms with Crippen LogP contribution in [0.5, 0.6) is 0 Å². The van der Waals surface area contributed by atoms with E-state index in [0.717, 1.165) is 24.8 Å². The van der Waals surface area contributed by atoms with Crippen LogP contribution in [0, 0.1) is 6.92 Å². The number of hydrogen-bond acceptors (Lipinski definition) is 4. The monoisotopic (exact) mass is 374 g/mol. The SMILES string of the molecule is Cc1ccc(C(=O)NC2=C(N3CCCCC3)C(=O)c3ccccc3C2=O)cc1. The maximum absolute atomic E-state index is 13.2. The summed E-state index contributed by atoms with van der Waals surface area (Å²) in [5, 5.41) is 2.75. The molecule has 142 valence electrons.